The van der Waals surface area contributed by atoms with Gasteiger partial charge in [-0.3, -0.25) is 14.5 Å². The Morgan fingerprint density at radius 1 is 1.19 bits per heavy atom. The number of rotatable bonds is 6. The molecule has 5 nitrogen and oxygen atoms in total. The maximum absolute atomic E-state index is 12.1. The van der Waals surface area contributed by atoms with E-state index in [2.05, 4.69) is 5.32 Å². The molecule has 1 aromatic carbocycles. The van der Waals surface area contributed by atoms with E-state index in [-0.39, 0.29) is 30.6 Å². The van der Waals surface area contributed by atoms with Crippen molar-refractivity contribution in [2.24, 2.45) is 0 Å². The SMILES string of the molecule is CC(NC(=O)CN(CC(=O)O)C(C)(C)C)c1ccccc1. The summed E-state index contributed by atoms with van der Waals surface area (Å²) in [6.07, 6.45) is 0. The van der Waals surface area contributed by atoms with Gasteiger partial charge in [0.15, 0.2) is 0 Å². The van der Waals surface area contributed by atoms with Gasteiger partial charge in [-0.2, -0.15) is 0 Å². The van der Waals surface area contributed by atoms with Crippen molar-refractivity contribution in [2.45, 2.75) is 39.3 Å². The van der Waals surface area contributed by atoms with Gasteiger partial charge in [0.1, 0.15) is 0 Å². The minimum Gasteiger partial charge on any atom is -0.480 e. The van der Waals surface area contributed by atoms with Gasteiger partial charge in [-0.15, -0.1) is 0 Å². The number of nitrogens with one attached hydrogen (secondary N) is 1. The van der Waals surface area contributed by atoms with E-state index in [9.17, 15) is 9.59 Å². The van der Waals surface area contributed by atoms with E-state index in [4.69, 9.17) is 5.11 Å². The van der Waals surface area contributed by atoms with Crippen LogP contribution in [0.2, 0.25) is 0 Å². The summed E-state index contributed by atoms with van der Waals surface area (Å²) < 4.78 is 0. The number of nitrogens with zero attached hydrogens (tertiary/aromatic N) is 1. The molecule has 0 aliphatic carbocycles. The van der Waals surface area contributed by atoms with E-state index in [0.29, 0.717) is 0 Å². The average Bonchev–Trinajstić information content (AvgIpc) is 2.37. The zero-order chi connectivity index (χ0) is 16.0. The number of aliphatic carboxylic acids is 1. The lowest BCUT2D eigenvalue weighted by Gasteiger charge is -2.34. The molecule has 0 radical (unpaired) electrons. The first kappa shape index (κ1) is 17.2. The summed E-state index contributed by atoms with van der Waals surface area (Å²) in [5.74, 6) is -1.11. The molecule has 0 aliphatic rings. The number of hydrogen-bond acceptors (Lipinski definition) is 3. The average molecular weight is 292 g/mol. The molecule has 0 spiro atoms. The van der Waals surface area contributed by atoms with E-state index < -0.39 is 5.97 Å². The maximum Gasteiger partial charge on any atom is 0.317 e. The fourth-order valence-electron chi connectivity index (χ4n) is 1.98. The molecule has 1 rings (SSSR count). The molecule has 2 N–H and O–H groups in total. The van der Waals surface area contributed by atoms with Crippen LogP contribution in [0.3, 0.4) is 0 Å². The van der Waals surface area contributed by atoms with Crippen LogP contribution >= 0.6 is 0 Å². The minimum atomic E-state index is -0.936. The summed E-state index contributed by atoms with van der Waals surface area (Å²) in [5.41, 5.74) is 0.637. The predicted molar refractivity (Wildman–Crippen MR) is 82.0 cm³/mol. The van der Waals surface area contributed by atoms with Crippen molar-refractivity contribution >= 4 is 11.9 Å². The molecule has 1 amide bonds. The monoisotopic (exact) mass is 292 g/mol. The van der Waals surface area contributed by atoms with Crippen LogP contribution in [0.4, 0.5) is 0 Å². The molecule has 1 unspecified atom stereocenters. The molecule has 0 heterocycles. The van der Waals surface area contributed by atoms with Crippen molar-refractivity contribution in [1.29, 1.82) is 0 Å². The Morgan fingerprint density at radius 2 is 1.76 bits per heavy atom. The van der Waals surface area contributed by atoms with Gasteiger partial charge >= 0.3 is 5.97 Å². The van der Waals surface area contributed by atoms with Crippen LogP contribution in [0, 0.1) is 0 Å². The van der Waals surface area contributed by atoms with Gasteiger partial charge in [-0.25, -0.2) is 0 Å². The molecule has 1 atom stereocenters. The highest BCUT2D eigenvalue weighted by molar-refractivity contribution is 5.79. The third kappa shape index (κ3) is 5.95. The number of benzene rings is 1. The van der Waals surface area contributed by atoms with Crippen molar-refractivity contribution < 1.29 is 14.7 Å². The fourth-order valence-corrected chi connectivity index (χ4v) is 1.98. The number of carbonyl (C=O) groups excluding carboxylic acids is 1. The molecule has 0 saturated carbocycles. The van der Waals surface area contributed by atoms with Crippen molar-refractivity contribution in [2.75, 3.05) is 13.1 Å². The third-order valence-corrected chi connectivity index (χ3v) is 3.29. The van der Waals surface area contributed by atoms with Crippen LogP contribution in [0.15, 0.2) is 30.3 Å². The van der Waals surface area contributed by atoms with Crippen LogP contribution in [0.25, 0.3) is 0 Å². The van der Waals surface area contributed by atoms with E-state index in [1.807, 2.05) is 58.0 Å². The van der Waals surface area contributed by atoms with Crippen molar-refractivity contribution in [3.05, 3.63) is 35.9 Å². The van der Waals surface area contributed by atoms with Crippen LogP contribution in [0.1, 0.15) is 39.3 Å². The predicted octanol–water partition coefficient (Wildman–Crippen LogP) is 2.05. The highest BCUT2D eigenvalue weighted by atomic mass is 16.4. The Kier molecular flexibility index (Phi) is 5.90. The number of amides is 1. The van der Waals surface area contributed by atoms with E-state index >= 15 is 0 Å². The Labute approximate surface area is 126 Å². The lowest BCUT2D eigenvalue weighted by atomic mass is 10.1. The lowest BCUT2D eigenvalue weighted by molar-refractivity contribution is -0.140. The van der Waals surface area contributed by atoms with Crippen molar-refractivity contribution in [3.8, 4) is 0 Å². The van der Waals surface area contributed by atoms with Gasteiger partial charge in [0.25, 0.3) is 0 Å². The second-order valence-electron chi connectivity index (χ2n) is 6.12. The zero-order valence-electron chi connectivity index (χ0n) is 13.1. The smallest absolute Gasteiger partial charge is 0.317 e. The van der Waals surface area contributed by atoms with Crippen molar-refractivity contribution in [3.63, 3.8) is 0 Å². The Hall–Kier alpha value is -1.88. The Morgan fingerprint density at radius 3 is 2.24 bits per heavy atom. The first-order valence-corrected chi connectivity index (χ1v) is 7.01. The summed E-state index contributed by atoms with van der Waals surface area (Å²) >= 11 is 0. The normalized spacial score (nSPS) is 13.0. The van der Waals surface area contributed by atoms with E-state index in [1.165, 1.54) is 0 Å². The number of carboxylic acids is 1. The quantitative estimate of drug-likeness (QED) is 0.842. The summed E-state index contributed by atoms with van der Waals surface area (Å²) in [7, 11) is 0. The minimum absolute atomic E-state index is 0.0625. The van der Waals surface area contributed by atoms with Gasteiger partial charge in [-0.05, 0) is 33.3 Å². The molecule has 0 aliphatic heterocycles. The molecular weight excluding hydrogens is 268 g/mol. The highest BCUT2D eigenvalue weighted by Crippen LogP contribution is 2.14. The summed E-state index contributed by atoms with van der Waals surface area (Å²) in [6.45, 7) is 7.49. The topological polar surface area (TPSA) is 69.6 Å². The van der Waals surface area contributed by atoms with E-state index in [1.54, 1.807) is 4.90 Å². The lowest BCUT2D eigenvalue weighted by Crippen LogP contribution is -2.49. The summed E-state index contributed by atoms with van der Waals surface area (Å²) in [4.78, 5) is 24.7. The zero-order valence-corrected chi connectivity index (χ0v) is 13.1. The summed E-state index contributed by atoms with van der Waals surface area (Å²) in [6, 6.07) is 9.55. The second kappa shape index (κ2) is 7.22. The standard InChI is InChI=1S/C16H24N2O3/c1-12(13-8-6-5-7-9-13)17-14(19)10-18(11-15(20)21)16(2,3)4/h5-9,12H,10-11H2,1-4H3,(H,17,19)(H,20,21). The Bertz CT molecular complexity index is 480. The number of carbonyl (C=O) groups is 2. The molecule has 5 heteroatoms. The van der Waals surface area contributed by atoms with Gasteiger partial charge in [0, 0.05) is 5.54 Å². The molecule has 0 saturated heterocycles. The second-order valence-corrected chi connectivity index (χ2v) is 6.12. The Balaban J connectivity index is 2.64. The molecule has 21 heavy (non-hydrogen) atoms. The third-order valence-electron chi connectivity index (χ3n) is 3.29. The molecule has 0 bridgehead atoms. The van der Waals surface area contributed by atoms with Gasteiger partial charge in [0.05, 0.1) is 19.1 Å². The van der Waals surface area contributed by atoms with Gasteiger partial charge in [-0.1, -0.05) is 30.3 Å². The maximum atomic E-state index is 12.1. The number of hydrogen-bond donors (Lipinski definition) is 2. The molecule has 1 aromatic rings. The molecule has 0 fully saturated rings. The van der Waals surface area contributed by atoms with Crippen LogP contribution in [0.5, 0.6) is 0 Å². The van der Waals surface area contributed by atoms with Crippen LogP contribution in [-0.4, -0.2) is 40.5 Å². The number of carboxylic acid groups (broad SMARTS) is 1. The first-order chi connectivity index (χ1) is 9.70. The van der Waals surface area contributed by atoms with Crippen LogP contribution in [-0.2, 0) is 9.59 Å². The molecular formula is C16H24N2O3. The molecule has 0 aromatic heterocycles. The largest absolute Gasteiger partial charge is 0.480 e. The highest BCUT2D eigenvalue weighted by Gasteiger charge is 2.26. The van der Waals surface area contributed by atoms with Gasteiger partial charge < -0.3 is 10.4 Å². The van der Waals surface area contributed by atoms with E-state index in [0.717, 1.165) is 5.56 Å². The van der Waals surface area contributed by atoms with Crippen molar-refractivity contribution in [1.82, 2.24) is 10.2 Å². The first-order valence-electron chi connectivity index (χ1n) is 7.01. The van der Waals surface area contributed by atoms with Crippen LogP contribution < -0.4 is 5.32 Å². The van der Waals surface area contributed by atoms with Gasteiger partial charge in [0.2, 0.25) is 5.91 Å². The fraction of sp³-hybridized carbons (Fsp3) is 0.500. The summed E-state index contributed by atoms with van der Waals surface area (Å²) in [5, 5.41) is 11.8. The molecule has 116 valence electrons.